The van der Waals surface area contributed by atoms with Gasteiger partial charge in [0, 0.05) is 43.0 Å². The highest BCUT2D eigenvalue weighted by atomic mass is 32.2. The molecule has 37 heavy (non-hydrogen) atoms. The number of aliphatic hydroxyl groups is 1. The van der Waals surface area contributed by atoms with Crippen LogP contribution in [0, 0.1) is 0 Å². The van der Waals surface area contributed by atoms with E-state index in [2.05, 4.69) is 0 Å². The first-order valence-corrected chi connectivity index (χ1v) is 13.1. The highest BCUT2D eigenvalue weighted by Crippen LogP contribution is 2.51. The van der Waals surface area contributed by atoms with Crippen LogP contribution in [0.4, 0.5) is 32.0 Å². The van der Waals surface area contributed by atoms with Gasteiger partial charge in [-0.25, -0.2) is 8.42 Å². The molecule has 0 bridgehead atoms. The Morgan fingerprint density at radius 3 is 1.95 bits per heavy atom. The molecule has 2 aromatic carbocycles. The van der Waals surface area contributed by atoms with Gasteiger partial charge in [-0.05, 0) is 41.3 Å². The number of nitrogens with zero attached hydrogens (tertiary/aromatic N) is 2. The average Bonchev–Trinajstić information content (AvgIpc) is 3.38. The van der Waals surface area contributed by atoms with E-state index in [1.807, 2.05) is 0 Å². The molecule has 0 spiro atoms. The van der Waals surface area contributed by atoms with Crippen molar-refractivity contribution in [3.8, 4) is 16.9 Å². The molecule has 6 nitrogen and oxygen atoms in total. The molecular formula is C23H20F6N2O4S2. The fourth-order valence-corrected chi connectivity index (χ4v) is 6.67. The molecule has 0 aliphatic carbocycles. The highest BCUT2D eigenvalue weighted by molar-refractivity contribution is 7.91. The molecule has 4 rings (SSSR count). The molecule has 0 atom stereocenters. The van der Waals surface area contributed by atoms with Gasteiger partial charge in [0.2, 0.25) is 0 Å². The van der Waals surface area contributed by atoms with Crippen molar-refractivity contribution in [1.29, 1.82) is 0 Å². The molecule has 3 aromatic rings. The molecule has 1 fully saturated rings. The predicted molar refractivity (Wildman–Crippen MR) is 125 cm³/mol. The zero-order chi connectivity index (χ0) is 27.2. The molecule has 1 aliphatic heterocycles. The summed E-state index contributed by atoms with van der Waals surface area (Å²) in [4.78, 5) is 1.65. The zero-order valence-electron chi connectivity index (χ0n) is 18.8. The van der Waals surface area contributed by atoms with Crippen molar-refractivity contribution >= 4 is 27.0 Å². The van der Waals surface area contributed by atoms with Gasteiger partial charge in [0.1, 0.15) is 9.96 Å². The normalized spacial score (nSPS) is 16.2. The number of thiophene rings is 1. The van der Waals surface area contributed by atoms with Crippen molar-refractivity contribution in [2.24, 2.45) is 0 Å². The van der Waals surface area contributed by atoms with Gasteiger partial charge < -0.3 is 15.1 Å². The predicted octanol–water partition coefficient (Wildman–Crippen LogP) is 4.94. The van der Waals surface area contributed by atoms with Crippen molar-refractivity contribution in [3.05, 3.63) is 65.5 Å². The molecular weight excluding hydrogens is 546 g/mol. The second-order valence-corrected chi connectivity index (χ2v) is 11.4. The third kappa shape index (κ3) is 4.90. The molecule has 2 heterocycles. The number of benzene rings is 2. The van der Waals surface area contributed by atoms with Crippen LogP contribution in [-0.2, 0) is 15.6 Å². The molecule has 0 radical (unpaired) electrons. The van der Waals surface area contributed by atoms with Crippen LogP contribution in [0.1, 0.15) is 5.56 Å². The van der Waals surface area contributed by atoms with Crippen LogP contribution in [0.25, 0.3) is 11.1 Å². The molecule has 0 saturated carbocycles. The van der Waals surface area contributed by atoms with Gasteiger partial charge in [0.15, 0.2) is 0 Å². The third-order valence-electron chi connectivity index (χ3n) is 6.08. The third-order valence-corrected chi connectivity index (χ3v) is 9.35. The first-order chi connectivity index (χ1) is 17.2. The van der Waals surface area contributed by atoms with Crippen molar-refractivity contribution in [1.82, 2.24) is 4.31 Å². The summed E-state index contributed by atoms with van der Waals surface area (Å²) in [7, 11) is -3.74. The maximum Gasteiger partial charge on any atom is 0.430 e. The number of halogens is 6. The van der Waals surface area contributed by atoms with E-state index >= 15 is 0 Å². The SMILES string of the molecule is O=S(=O)(c1cccs1)N1CCN(c2ccc(C(O)(C(F)(F)F)C(F)(F)F)cc2-c2ccc(O)cc2)CC1. The van der Waals surface area contributed by atoms with E-state index in [9.17, 15) is 45.0 Å². The second kappa shape index (κ2) is 9.49. The van der Waals surface area contributed by atoms with E-state index in [1.54, 1.807) is 16.3 Å². The number of aromatic hydroxyl groups is 1. The van der Waals surface area contributed by atoms with Crippen LogP contribution in [0.5, 0.6) is 5.75 Å². The first-order valence-electron chi connectivity index (χ1n) is 10.7. The van der Waals surface area contributed by atoms with Crippen LogP contribution in [0.3, 0.4) is 0 Å². The maximum absolute atomic E-state index is 13.5. The minimum absolute atomic E-state index is 0.0338. The number of sulfonamides is 1. The standard InChI is InChI=1S/C23H20F6N2O4S2/c24-22(25,26)21(33,23(27,28)29)16-5-8-19(18(14-16)15-3-6-17(32)7-4-15)30-9-11-31(12-10-30)37(34,35)20-2-1-13-36-20/h1-8,13-14,32-33H,9-12H2. The van der Waals surface area contributed by atoms with Gasteiger partial charge >= 0.3 is 12.4 Å². The van der Waals surface area contributed by atoms with Gasteiger partial charge in [-0.2, -0.15) is 30.6 Å². The summed E-state index contributed by atoms with van der Waals surface area (Å²) in [6.07, 6.45) is -12.1. The Bertz CT molecular complexity index is 1340. The minimum atomic E-state index is -6.05. The van der Waals surface area contributed by atoms with Crippen LogP contribution < -0.4 is 4.90 Å². The summed E-state index contributed by atoms with van der Waals surface area (Å²) in [5.41, 5.74) is -6.15. The van der Waals surface area contributed by atoms with E-state index in [0.29, 0.717) is 12.1 Å². The number of alkyl halides is 6. The zero-order valence-corrected chi connectivity index (χ0v) is 20.4. The van der Waals surface area contributed by atoms with E-state index in [1.165, 1.54) is 34.6 Å². The van der Waals surface area contributed by atoms with E-state index in [4.69, 9.17) is 0 Å². The van der Waals surface area contributed by atoms with Crippen LogP contribution >= 0.6 is 11.3 Å². The van der Waals surface area contributed by atoms with Gasteiger partial charge in [-0.15, -0.1) is 11.3 Å². The monoisotopic (exact) mass is 566 g/mol. The summed E-state index contributed by atoms with van der Waals surface area (Å²) < 4.78 is 108. The van der Waals surface area contributed by atoms with Crippen LogP contribution in [-0.4, -0.2) is 61.5 Å². The summed E-state index contributed by atoms with van der Waals surface area (Å²) in [6.45, 7) is 0.285. The molecule has 1 saturated heterocycles. The number of phenols is 1. The minimum Gasteiger partial charge on any atom is -0.508 e. The molecule has 0 amide bonds. The molecule has 2 N–H and O–H groups in total. The Hall–Kier alpha value is -2.81. The van der Waals surface area contributed by atoms with Crippen molar-refractivity contribution < 1.29 is 45.0 Å². The lowest BCUT2D eigenvalue weighted by molar-refractivity contribution is -0.376. The molecule has 1 aromatic heterocycles. The lowest BCUT2D eigenvalue weighted by atomic mass is 9.88. The smallest absolute Gasteiger partial charge is 0.430 e. The fraction of sp³-hybridized carbons (Fsp3) is 0.304. The number of rotatable bonds is 5. The average molecular weight is 567 g/mol. The Labute approximate surface area is 212 Å². The number of hydrogen-bond donors (Lipinski definition) is 2. The molecule has 200 valence electrons. The fourth-order valence-electron chi connectivity index (χ4n) is 4.10. The van der Waals surface area contributed by atoms with E-state index < -0.39 is 33.5 Å². The first kappa shape index (κ1) is 27.2. The summed E-state index contributed by atoms with van der Waals surface area (Å²) >= 11 is 1.06. The summed E-state index contributed by atoms with van der Waals surface area (Å²) in [5.74, 6) is -0.170. The Morgan fingerprint density at radius 2 is 1.43 bits per heavy atom. The molecule has 0 unspecified atom stereocenters. The lowest BCUT2D eigenvalue weighted by Crippen LogP contribution is -2.54. The number of piperazine rings is 1. The lowest BCUT2D eigenvalue weighted by Gasteiger charge is -2.37. The van der Waals surface area contributed by atoms with Crippen LogP contribution in [0.15, 0.2) is 64.2 Å². The molecule has 14 heteroatoms. The van der Waals surface area contributed by atoms with Crippen molar-refractivity contribution in [2.45, 2.75) is 22.2 Å². The number of phenolic OH excluding ortho intramolecular Hbond substituents is 1. The largest absolute Gasteiger partial charge is 0.508 e. The van der Waals surface area contributed by atoms with Crippen molar-refractivity contribution in [3.63, 3.8) is 0 Å². The summed E-state index contributed by atoms with van der Waals surface area (Å²) in [6, 6.07) is 10.4. The Morgan fingerprint density at radius 1 is 0.838 bits per heavy atom. The Balaban J connectivity index is 1.74. The Kier molecular flexibility index (Phi) is 6.99. The van der Waals surface area contributed by atoms with Gasteiger partial charge in [-0.3, -0.25) is 0 Å². The van der Waals surface area contributed by atoms with Crippen molar-refractivity contribution in [2.75, 3.05) is 31.1 Å². The maximum atomic E-state index is 13.5. The quantitative estimate of drug-likeness (QED) is 0.428. The number of hydrogen-bond acceptors (Lipinski definition) is 6. The van der Waals surface area contributed by atoms with Gasteiger partial charge in [0.05, 0.1) is 0 Å². The topological polar surface area (TPSA) is 81.1 Å². The second-order valence-electron chi connectivity index (χ2n) is 8.31. The van der Waals surface area contributed by atoms with Crippen LogP contribution in [0.2, 0.25) is 0 Å². The van der Waals surface area contributed by atoms with E-state index in [0.717, 1.165) is 17.4 Å². The van der Waals surface area contributed by atoms with E-state index in [-0.39, 0.29) is 53.0 Å². The highest BCUT2D eigenvalue weighted by Gasteiger charge is 2.71. The summed E-state index contributed by atoms with van der Waals surface area (Å²) in [5, 5.41) is 21.1. The molecule has 1 aliphatic rings. The van der Waals surface area contributed by atoms with Gasteiger partial charge in [0.25, 0.3) is 15.6 Å². The number of anilines is 1. The van der Waals surface area contributed by atoms with Gasteiger partial charge in [-0.1, -0.05) is 24.3 Å².